The average Bonchev–Trinajstić information content (AvgIpc) is 2.64. The number of halogens is 1. The van der Waals surface area contributed by atoms with Crippen molar-refractivity contribution in [3.05, 3.63) is 18.0 Å². The Morgan fingerprint density at radius 1 is 1.73 bits per heavy atom. The maximum atomic E-state index is 12.9. The molecule has 0 aromatic carbocycles. The third-order valence-electron chi connectivity index (χ3n) is 1.96. The summed E-state index contributed by atoms with van der Waals surface area (Å²) in [7, 11) is 0. The summed E-state index contributed by atoms with van der Waals surface area (Å²) < 4.78 is 14.4. The van der Waals surface area contributed by atoms with Crippen molar-refractivity contribution in [3.63, 3.8) is 0 Å². The molecule has 0 spiro atoms. The SMILES string of the molecule is CCCn1cc(C(O)C(F)C(=O)O)cn1. The lowest BCUT2D eigenvalue weighted by atomic mass is 10.1. The minimum absolute atomic E-state index is 0.179. The van der Waals surface area contributed by atoms with Crippen LogP contribution in [0, 0.1) is 0 Å². The normalized spacial score (nSPS) is 14.9. The van der Waals surface area contributed by atoms with Crippen molar-refractivity contribution in [3.8, 4) is 0 Å². The molecule has 1 aromatic rings. The van der Waals surface area contributed by atoms with Gasteiger partial charge >= 0.3 is 5.97 Å². The predicted molar refractivity (Wildman–Crippen MR) is 50.0 cm³/mol. The molecule has 2 atom stereocenters. The Bertz CT molecular complexity index is 340. The highest BCUT2D eigenvalue weighted by molar-refractivity contribution is 5.73. The van der Waals surface area contributed by atoms with Gasteiger partial charge in [0.25, 0.3) is 0 Å². The van der Waals surface area contributed by atoms with Crippen molar-refractivity contribution in [2.45, 2.75) is 32.2 Å². The second-order valence-electron chi connectivity index (χ2n) is 3.22. The molecular formula is C9H13FN2O3. The number of aliphatic carboxylic acids is 1. The van der Waals surface area contributed by atoms with Crippen LogP contribution >= 0.6 is 0 Å². The molecule has 15 heavy (non-hydrogen) atoms. The van der Waals surface area contributed by atoms with Crippen molar-refractivity contribution >= 4 is 5.97 Å². The van der Waals surface area contributed by atoms with E-state index in [1.54, 1.807) is 0 Å². The van der Waals surface area contributed by atoms with Gasteiger partial charge < -0.3 is 10.2 Å². The van der Waals surface area contributed by atoms with Crippen LogP contribution in [0.25, 0.3) is 0 Å². The van der Waals surface area contributed by atoms with Crippen LogP contribution < -0.4 is 0 Å². The van der Waals surface area contributed by atoms with Gasteiger partial charge in [-0.15, -0.1) is 0 Å². The van der Waals surface area contributed by atoms with Gasteiger partial charge in [0, 0.05) is 18.3 Å². The molecule has 5 nitrogen and oxygen atoms in total. The number of aromatic nitrogens is 2. The van der Waals surface area contributed by atoms with Crippen molar-refractivity contribution in [1.29, 1.82) is 0 Å². The van der Waals surface area contributed by atoms with Gasteiger partial charge in [0.05, 0.1) is 6.20 Å². The number of carboxylic acid groups (broad SMARTS) is 1. The van der Waals surface area contributed by atoms with Crippen LogP contribution in [0.15, 0.2) is 12.4 Å². The smallest absolute Gasteiger partial charge is 0.341 e. The first-order valence-corrected chi connectivity index (χ1v) is 4.63. The van der Waals surface area contributed by atoms with E-state index in [1.165, 1.54) is 17.1 Å². The fourth-order valence-corrected chi connectivity index (χ4v) is 1.19. The molecule has 1 rings (SSSR count). The summed E-state index contributed by atoms with van der Waals surface area (Å²) in [5.41, 5.74) is 0.179. The molecule has 2 N–H and O–H groups in total. The summed E-state index contributed by atoms with van der Waals surface area (Å²) in [4.78, 5) is 10.3. The molecule has 0 amide bonds. The highest BCUT2D eigenvalue weighted by atomic mass is 19.1. The van der Waals surface area contributed by atoms with E-state index in [4.69, 9.17) is 5.11 Å². The van der Waals surface area contributed by atoms with E-state index in [9.17, 15) is 14.3 Å². The summed E-state index contributed by atoms with van der Waals surface area (Å²) in [6.45, 7) is 2.60. The van der Waals surface area contributed by atoms with Crippen LogP contribution in [0.2, 0.25) is 0 Å². The second kappa shape index (κ2) is 4.88. The Balaban J connectivity index is 2.73. The molecule has 0 radical (unpaired) electrons. The number of aliphatic hydroxyl groups excluding tert-OH is 1. The molecule has 6 heteroatoms. The van der Waals surface area contributed by atoms with Gasteiger partial charge in [0.2, 0.25) is 6.17 Å². The highest BCUT2D eigenvalue weighted by Crippen LogP contribution is 2.18. The van der Waals surface area contributed by atoms with Crippen LogP contribution in [-0.2, 0) is 11.3 Å². The number of alkyl halides is 1. The van der Waals surface area contributed by atoms with Crippen molar-refractivity contribution < 1.29 is 19.4 Å². The zero-order valence-electron chi connectivity index (χ0n) is 8.30. The van der Waals surface area contributed by atoms with Crippen molar-refractivity contribution in [2.24, 2.45) is 0 Å². The van der Waals surface area contributed by atoms with E-state index < -0.39 is 18.2 Å². The summed E-state index contributed by atoms with van der Waals surface area (Å²) in [6.07, 6.45) is -0.397. The van der Waals surface area contributed by atoms with Gasteiger partial charge in [-0.05, 0) is 6.42 Å². The van der Waals surface area contributed by atoms with Gasteiger partial charge in [0.15, 0.2) is 0 Å². The lowest BCUT2D eigenvalue weighted by molar-refractivity contribution is -0.147. The van der Waals surface area contributed by atoms with E-state index in [-0.39, 0.29) is 5.56 Å². The van der Waals surface area contributed by atoms with Crippen LogP contribution in [0.1, 0.15) is 25.0 Å². The molecule has 1 aromatic heterocycles. The van der Waals surface area contributed by atoms with Crippen LogP contribution in [0.4, 0.5) is 4.39 Å². The predicted octanol–water partition coefficient (Wildman–Crippen LogP) is 0.749. The molecule has 0 aliphatic rings. The third kappa shape index (κ3) is 2.76. The first kappa shape index (κ1) is 11.6. The number of carbonyl (C=O) groups is 1. The molecular weight excluding hydrogens is 203 g/mol. The fourth-order valence-electron chi connectivity index (χ4n) is 1.19. The van der Waals surface area contributed by atoms with Crippen LogP contribution in [0.3, 0.4) is 0 Å². The maximum absolute atomic E-state index is 12.9. The molecule has 0 fully saturated rings. The minimum atomic E-state index is -2.32. The molecule has 2 unspecified atom stereocenters. The molecule has 0 aliphatic heterocycles. The standard InChI is InChI=1S/C9H13FN2O3/c1-2-3-12-5-6(4-11-12)8(13)7(10)9(14)15/h4-5,7-8,13H,2-3H2,1H3,(H,14,15). The monoisotopic (exact) mass is 216 g/mol. The molecule has 1 heterocycles. The first-order chi connectivity index (χ1) is 7.06. The van der Waals surface area contributed by atoms with Crippen molar-refractivity contribution in [1.82, 2.24) is 9.78 Å². The summed E-state index contributed by atoms with van der Waals surface area (Å²) in [5.74, 6) is -1.68. The van der Waals surface area contributed by atoms with Gasteiger partial charge in [-0.3, -0.25) is 4.68 Å². The van der Waals surface area contributed by atoms with E-state index >= 15 is 0 Å². The van der Waals surface area contributed by atoms with E-state index in [0.29, 0.717) is 6.54 Å². The number of nitrogens with zero attached hydrogens (tertiary/aromatic N) is 2. The molecule has 0 saturated heterocycles. The number of hydrogen-bond acceptors (Lipinski definition) is 3. The minimum Gasteiger partial charge on any atom is -0.479 e. The zero-order valence-corrected chi connectivity index (χ0v) is 8.30. The lowest BCUT2D eigenvalue weighted by Crippen LogP contribution is -2.22. The Labute approximate surface area is 86.1 Å². The summed E-state index contributed by atoms with van der Waals surface area (Å²) >= 11 is 0. The Hall–Kier alpha value is -1.43. The number of rotatable bonds is 5. The first-order valence-electron chi connectivity index (χ1n) is 4.63. The van der Waals surface area contributed by atoms with Crippen LogP contribution in [0.5, 0.6) is 0 Å². The second-order valence-corrected chi connectivity index (χ2v) is 3.22. The molecule has 84 valence electrons. The quantitative estimate of drug-likeness (QED) is 0.761. The summed E-state index contributed by atoms with van der Waals surface area (Å²) in [6, 6.07) is 0. The molecule has 0 aliphatic carbocycles. The fraction of sp³-hybridized carbons (Fsp3) is 0.556. The Kier molecular flexibility index (Phi) is 3.79. The van der Waals surface area contributed by atoms with Gasteiger partial charge in [-0.25, -0.2) is 9.18 Å². The van der Waals surface area contributed by atoms with Crippen LogP contribution in [-0.4, -0.2) is 32.1 Å². The van der Waals surface area contributed by atoms with E-state index in [2.05, 4.69) is 5.10 Å². The number of aliphatic hydroxyl groups is 1. The van der Waals surface area contributed by atoms with Crippen molar-refractivity contribution in [2.75, 3.05) is 0 Å². The molecule has 0 saturated carbocycles. The third-order valence-corrected chi connectivity index (χ3v) is 1.96. The average molecular weight is 216 g/mol. The topological polar surface area (TPSA) is 75.4 Å². The number of carboxylic acids is 1. The Morgan fingerprint density at radius 3 is 2.93 bits per heavy atom. The summed E-state index contributed by atoms with van der Waals surface area (Å²) in [5, 5.41) is 21.6. The van der Waals surface area contributed by atoms with Gasteiger partial charge in [0.1, 0.15) is 6.10 Å². The maximum Gasteiger partial charge on any atom is 0.341 e. The Morgan fingerprint density at radius 2 is 2.40 bits per heavy atom. The zero-order chi connectivity index (χ0) is 11.4. The van der Waals surface area contributed by atoms with E-state index in [1.807, 2.05) is 6.92 Å². The lowest BCUT2D eigenvalue weighted by Gasteiger charge is -2.09. The van der Waals surface area contributed by atoms with E-state index in [0.717, 1.165) is 6.42 Å². The van der Waals surface area contributed by atoms with Gasteiger partial charge in [-0.2, -0.15) is 5.10 Å². The number of aryl methyl sites for hydroxylation is 1. The largest absolute Gasteiger partial charge is 0.479 e. The number of hydrogen-bond donors (Lipinski definition) is 2. The molecule has 0 bridgehead atoms. The van der Waals surface area contributed by atoms with Gasteiger partial charge in [-0.1, -0.05) is 6.92 Å². The highest BCUT2D eigenvalue weighted by Gasteiger charge is 2.28.